The summed E-state index contributed by atoms with van der Waals surface area (Å²) in [5.41, 5.74) is 1.01. The Morgan fingerprint density at radius 3 is 2.76 bits per heavy atom. The van der Waals surface area contributed by atoms with Crippen molar-refractivity contribution in [2.45, 2.75) is 6.54 Å². The van der Waals surface area contributed by atoms with Gasteiger partial charge in [0.1, 0.15) is 10.8 Å². The first-order chi connectivity index (χ1) is 8.25. The van der Waals surface area contributed by atoms with E-state index in [9.17, 15) is 4.79 Å². The van der Waals surface area contributed by atoms with E-state index in [1.807, 2.05) is 18.2 Å². The van der Waals surface area contributed by atoms with Crippen LogP contribution in [0, 0.1) is 0 Å². The van der Waals surface area contributed by atoms with Crippen LogP contribution in [-0.4, -0.2) is 20.9 Å². The van der Waals surface area contributed by atoms with E-state index in [2.05, 4.69) is 20.3 Å². The molecule has 2 heterocycles. The van der Waals surface area contributed by atoms with Gasteiger partial charge in [-0.3, -0.25) is 9.78 Å². The van der Waals surface area contributed by atoms with Gasteiger partial charge in [0.25, 0.3) is 5.91 Å². The highest BCUT2D eigenvalue weighted by Gasteiger charge is 2.07. The fraction of sp³-hybridized carbons (Fsp3) is 0.0909. The molecule has 0 aliphatic heterocycles. The van der Waals surface area contributed by atoms with Gasteiger partial charge in [0.15, 0.2) is 0 Å². The molecule has 0 aliphatic carbocycles. The minimum atomic E-state index is -0.306. The van der Waals surface area contributed by atoms with Crippen LogP contribution in [-0.2, 0) is 6.54 Å². The predicted molar refractivity (Wildman–Crippen MR) is 62.4 cm³/mol. The van der Waals surface area contributed by atoms with Crippen LogP contribution in [0.2, 0.25) is 5.15 Å². The van der Waals surface area contributed by atoms with Crippen molar-refractivity contribution in [2.75, 3.05) is 0 Å². The molecule has 1 amide bonds. The molecular weight excluding hydrogens is 240 g/mol. The van der Waals surface area contributed by atoms with Gasteiger partial charge in [-0.2, -0.15) is 0 Å². The third-order valence-electron chi connectivity index (χ3n) is 2.01. The molecule has 0 aromatic carbocycles. The van der Waals surface area contributed by atoms with Gasteiger partial charge in [-0.05, 0) is 12.1 Å². The van der Waals surface area contributed by atoms with E-state index < -0.39 is 0 Å². The molecule has 0 unspecified atom stereocenters. The quantitative estimate of drug-likeness (QED) is 0.893. The Kier molecular flexibility index (Phi) is 3.62. The van der Waals surface area contributed by atoms with Crippen LogP contribution < -0.4 is 5.32 Å². The summed E-state index contributed by atoms with van der Waals surface area (Å²) in [4.78, 5) is 23.4. The Bertz CT molecular complexity index is 501. The molecule has 0 spiro atoms. The lowest BCUT2D eigenvalue weighted by Gasteiger charge is -2.03. The van der Waals surface area contributed by atoms with E-state index >= 15 is 0 Å². The van der Waals surface area contributed by atoms with Crippen molar-refractivity contribution >= 4 is 17.5 Å². The van der Waals surface area contributed by atoms with Gasteiger partial charge in [0.2, 0.25) is 0 Å². The lowest BCUT2D eigenvalue weighted by molar-refractivity contribution is 0.0945. The SMILES string of the molecule is O=C(NCc1ccccn1)c1cnc(Cl)cn1. The second-order valence-corrected chi connectivity index (χ2v) is 3.62. The Morgan fingerprint density at radius 1 is 1.24 bits per heavy atom. The molecule has 17 heavy (non-hydrogen) atoms. The van der Waals surface area contributed by atoms with Crippen molar-refractivity contribution in [3.63, 3.8) is 0 Å². The summed E-state index contributed by atoms with van der Waals surface area (Å²) in [6.45, 7) is 0.351. The number of carbonyl (C=O) groups is 1. The van der Waals surface area contributed by atoms with Gasteiger partial charge >= 0.3 is 0 Å². The highest BCUT2D eigenvalue weighted by Crippen LogP contribution is 2.01. The molecule has 0 saturated heterocycles. The molecule has 1 N–H and O–H groups in total. The molecule has 2 aromatic rings. The Balaban J connectivity index is 1.96. The van der Waals surface area contributed by atoms with Crippen molar-refractivity contribution in [1.29, 1.82) is 0 Å². The number of carbonyl (C=O) groups excluding carboxylic acids is 1. The highest BCUT2D eigenvalue weighted by molar-refractivity contribution is 6.29. The molecule has 0 bridgehead atoms. The zero-order chi connectivity index (χ0) is 12.1. The largest absolute Gasteiger partial charge is 0.345 e. The topological polar surface area (TPSA) is 67.8 Å². The van der Waals surface area contributed by atoms with Crippen LogP contribution in [0.4, 0.5) is 0 Å². The fourth-order valence-corrected chi connectivity index (χ4v) is 1.29. The van der Waals surface area contributed by atoms with Crippen LogP contribution in [0.25, 0.3) is 0 Å². The molecule has 6 heteroatoms. The minimum absolute atomic E-state index is 0.227. The molecular formula is C11H9ClN4O. The van der Waals surface area contributed by atoms with E-state index in [-0.39, 0.29) is 16.8 Å². The van der Waals surface area contributed by atoms with E-state index in [0.717, 1.165) is 5.69 Å². The number of rotatable bonds is 3. The van der Waals surface area contributed by atoms with Gasteiger partial charge in [-0.15, -0.1) is 0 Å². The van der Waals surface area contributed by atoms with Crippen molar-refractivity contribution in [2.24, 2.45) is 0 Å². The molecule has 2 aromatic heterocycles. The monoisotopic (exact) mass is 248 g/mol. The molecule has 0 atom stereocenters. The highest BCUT2D eigenvalue weighted by atomic mass is 35.5. The number of nitrogens with one attached hydrogen (secondary N) is 1. The Hall–Kier alpha value is -2.01. The lowest BCUT2D eigenvalue weighted by Crippen LogP contribution is -2.24. The number of aromatic nitrogens is 3. The first-order valence-electron chi connectivity index (χ1n) is 4.91. The smallest absolute Gasteiger partial charge is 0.271 e. The number of pyridine rings is 1. The maximum Gasteiger partial charge on any atom is 0.271 e. The third-order valence-corrected chi connectivity index (χ3v) is 2.20. The van der Waals surface area contributed by atoms with Crippen molar-refractivity contribution in [3.8, 4) is 0 Å². The minimum Gasteiger partial charge on any atom is -0.345 e. The average Bonchev–Trinajstić information content (AvgIpc) is 2.38. The summed E-state index contributed by atoms with van der Waals surface area (Å²) in [5, 5.41) is 2.94. The van der Waals surface area contributed by atoms with Crippen molar-refractivity contribution < 1.29 is 4.79 Å². The van der Waals surface area contributed by atoms with Gasteiger partial charge in [-0.1, -0.05) is 17.7 Å². The zero-order valence-electron chi connectivity index (χ0n) is 8.80. The van der Waals surface area contributed by atoms with Gasteiger partial charge in [0, 0.05) is 6.20 Å². The maximum atomic E-state index is 11.6. The summed E-state index contributed by atoms with van der Waals surface area (Å²) < 4.78 is 0. The van der Waals surface area contributed by atoms with E-state index in [0.29, 0.717) is 6.54 Å². The maximum absolute atomic E-state index is 11.6. The van der Waals surface area contributed by atoms with Crippen molar-refractivity contribution in [3.05, 3.63) is 53.3 Å². The predicted octanol–water partition coefficient (Wildman–Crippen LogP) is 1.45. The van der Waals surface area contributed by atoms with Crippen LogP contribution in [0.5, 0.6) is 0 Å². The summed E-state index contributed by atoms with van der Waals surface area (Å²) >= 11 is 5.57. The van der Waals surface area contributed by atoms with Gasteiger partial charge in [-0.25, -0.2) is 9.97 Å². The van der Waals surface area contributed by atoms with E-state index in [1.165, 1.54) is 12.4 Å². The molecule has 86 valence electrons. The summed E-state index contributed by atoms with van der Waals surface area (Å²) in [7, 11) is 0. The summed E-state index contributed by atoms with van der Waals surface area (Å²) in [6.07, 6.45) is 4.33. The Labute approximate surface area is 103 Å². The fourth-order valence-electron chi connectivity index (χ4n) is 1.19. The second-order valence-electron chi connectivity index (χ2n) is 3.23. The van der Waals surface area contributed by atoms with Crippen molar-refractivity contribution in [1.82, 2.24) is 20.3 Å². The molecule has 0 saturated carbocycles. The summed E-state index contributed by atoms with van der Waals surface area (Å²) in [6, 6.07) is 5.50. The number of halogens is 1. The lowest BCUT2D eigenvalue weighted by atomic mass is 10.3. The van der Waals surface area contributed by atoms with Gasteiger partial charge in [0.05, 0.1) is 24.6 Å². The van der Waals surface area contributed by atoms with Gasteiger partial charge < -0.3 is 5.32 Å². The third kappa shape index (κ3) is 3.22. The average molecular weight is 249 g/mol. The number of hydrogen-bond acceptors (Lipinski definition) is 4. The summed E-state index contributed by atoms with van der Waals surface area (Å²) in [5.74, 6) is -0.306. The second kappa shape index (κ2) is 5.36. The first kappa shape index (κ1) is 11.5. The zero-order valence-corrected chi connectivity index (χ0v) is 9.55. The normalized spacial score (nSPS) is 9.94. The van der Waals surface area contributed by atoms with Crippen LogP contribution in [0.1, 0.15) is 16.2 Å². The first-order valence-corrected chi connectivity index (χ1v) is 5.29. The molecule has 0 aliphatic rings. The number of nitrogens with zero attached hydrogens (tertiary/aromatic N) is 3. The molecule has 5 nitrogen and oxygen atoms in total. The molecule has 2 rings (SSSR count). The standard InChI is InChI=1S/C11H9ClN4O/c12-10-7-14-9(6-15-10)11(17)16-5-8-3-1-2-4-13-8/h1-4,6-7H,5H2,(H,16,17). The Morgan fingerprint density at radius 2 is 2.12 bits per heavy atom. The van der Waals surface area contributed by atoms with E-state index in [4.69, 9.17) is 11.6 Å². The number of amides is 1. The van der Waals surface area contributed by atoms with Crippen LogP contribution in [0.3, 0.4) is 0 Å². The van der Waals surface area contributed by atoms with E-state index in [1.54, 1.807) is 6.20 Å². The van der Waals surface area contributed by atoms with Crippen LogP contribution in [0.15, 0.2) is 36.8 Å². The molecule has 0 fully saturated rings. The number of hydrogen-bond donors (Lipinski definition) is 1. The van der Waals surface area contributed by atoms with Crippen LogP contribution >= 0.6 is 11.6 Å². The molecule has 0 radical (unpaired) electrons.